The lowest BCUT2D eigenvalue weighted by atomic mass is 10.2. The molecule has 1 rings (SSSR count). The minimum absolute atomic E-state index is 0.371. The van der Waals surface area contributed by atoms with Crippen LogP contribution in [-0.4, -0.2) is 42.2 Å². The maximum atomic E-state index is 5.44. The van der Waals surface area contributed by atoms with E-state index >= 15 is 0 Å². The molecule has 0 aromatic carbocycles. The van der Waals surface area contributed by atoms with Gasteiger partial charge in [-0.2, -0.15) is 11.8 Å². The number of hydrogen-bond acceptors (Lipinski definition) is 7. The van der Waals surface area contributed by atoms with Gasteiger partial charge in [-0.05, 0) is 25.4 Å². The van der Waals surface area contributed by atoms with Crippen molar-refractivity contribution in [1.29, 1.82) is 0 Å². The predicted octanol–water partition coefficient (Wildman–Crippen LogP) is 1.49. The Kier molecular flexibility index (Phi) is 6.90. The van der Waals surface area contributed by atoms with Crippen molar-refractivity contribution in [2.45, 2.75) is 26.0 Å². The Bertz CT molecular complexity index is 390. The van der Waals surface area contributed by atoms with Gasteiger partial charge in [0.25, 0.3) is 0 Å². The first kappa shape index (κ1) is 16.0. The van der Waals surface area contributed by atoms with E-state index in [9.17, 15) is 0 Å². The smallest absolute Gasteiger partial charge is 0.158 e. The van der Waals surface area contributed by atoms with Gasteiger partial charge in [-0.1, -0.05) is 0 Å². The third-order valence-electron chi connectivity index (χ3n) is 2.94. The van der Waals surface area contributed by atoms with Crippen LogP contribution in [-0.2, 0) is 11.3 Å². The maximum Gasteiger partial charge on any atom is 0.158 e. The van der Waals surface area contributed by atoms with Gasteiger partial charge in [0.2, 0.25) is 0 Å². The summed E-state index contributed by atoms with van der Waals surface area (Å²) >= 11 is 1.85. The zero-order valence-corrected chi connectivity index (χ0v) is 12.8. The number of hydrazine groups is 1. The minimum atomic E-state index is 0.371. The number of nitrogen functional groups attached to an aromatic ring is 1. The summed E-state index contributed by atoms with van der Waals surface area (Å²) in [6, 6.07) is 2.25. The highest BCUT2D eigenvalue weighted by molar-refractivity contribution is 7.98. The Balaban J connectivity index is 2.87. The van der Waals surface area contributed by atoms with Crippen molar-refractivity contribution in [3.05, 3.63) is 11.9 Å². The summed E-state index contributed by atoms with van der Waals surface area (Å²) in [6.45, 7) is 2.55. The second kappa shape index (κ2) is 8.19. The SMILES string of the molecule is COCc1nc(NN)cc(N(C)C(C)CCSC)n1. The molecule has 0 spiro atoms. The second-order valence-corrected chi connectivity index (χ2v) is 5.33. The van der Waals surface area contributed by atoms with Crippen molar-refractivity contribution in [3.8, 4) is 0 Å². The number of ether oxygens (including phenoxy) is 1. The molecule has 0 bridgehead atoms. The highest BCUT2D eigenvalue weighted by Gasteiger charge is 2.13. The molecule has 7 heteroatoms. The summed E-state index contributed by atoms with van der Waals surface area (Å²) in [6.07, 6.45) is 3.22. The van der Waals surface area contributed by atoms with E-state index in [4.69, 9.17) is 10.6 Å². The van der Waals surface area contributed by atoms with E-state index in [1.807, 2.05) is 24.9 Å². The number of aromatic nitrogens is 2. The van der Waals surface area contributed by atoms with E-state index in [1.165, 1.54) is 0 Å². The number of thioether (sulfide) groups is 1. The molecule has 108 valence electrons. The first-order valence-electron chi connectivity index (χ1n) is 6.17. The van der Waals surface area contributed by atoms with Gasteiger partial charge in [-0.15, -0.1) is 0 Å². The molecule has 0 fully saturated rings. The van der Waals surface area contributed by atoms with Crippen LogP contribution in [0.2, 0.25) is 0 Å². The fourth-order valence-corrected chi connectivity index (χ4v) is 2.22. The van der Waals surface area contributed by atoms with Crippen molar-refractivity contribution in [2.24, 2.45) is 5.84 Å². The highest BCUT2D eigenvalue weighted by atomic mass is 32.2. The van der Waals surface area contributed by atoms with Crippen LogP contribution in [0.3, 0.4) is 0 Å². The van der Waals surface area contributed by atoms with Gasteiger partial charge < -0.3 is 15.1 Å². The normalized spacial score (nSPS) is 12.3. The minimum Gasteiger partial charge on any atom is -0.377 e. The quantitative estimate of drug-likeness (QED) is 0.553. The van der Waals surface area contributed by atoms with Crippen LogP contribution in [0.25, 0.3) is 0 Å². The fraction of sp³-hybridized carbons (Fsp3) is 0.667. The molecule has 0 amide bonds. The summed E-state index contributed by atoms with van der Waals surface area (Å²) in [7, 11) is 3.65. The standard InChI is InChI=1S/C12H23N5OS/c1-9(5-6-19-4)17(2)12-7-10(16-13)14-11(15-12)8-18-3/h7,9H,5-6,8,13H2,1-4H3,(H,14,15,16). The van der Waals surface area contributed by atoms with Gasteiger partial charge in [0, 0.05) is 26.3 Å². The second-order valence-electron chi connectivity index (χ2n) is 4.35. The Morgan fingerprint density at radius 2 is 2.26 bits per heavy atom. The molecule has 1 heterocycles. The molecule has 0 saturated carbocycles. The molecular formula is C12H23N5OS. The van der Waals surface area contributed by atoms with Crippen molar-refractivity contribution in [2.75, 3.05) is 36.5 Å². The van der Waals surface area contributed by atoms with Gasteiger partial charge in [0.05, 0.1) is 0 Å². The molecule has 6 nitrogen and oxygen atoms in total. The van der Waals surface area contributed by atoms with E-state index in [0.717, 1.165) is 18.0 Å². The molecule has 0 aliphatic carbocycles. The number of nitrogens with zero attached hydrogens (tertiary/aromatic N) is 3. The summed E-state index contributed by atoms with van der Waals surface area (Å²) in [5, 5.41) is 0. The van der Waals surface area contributed by atoms with Crippen LogP contribution in [0, 0.1) is 0 Å². The van der Waals surface area contributed by atoms with Crippen LogP contribution in [0.4, 0.5) is 11.6 Å². The van der Waals surface area contributed by atoms with E-state index in [0.29, 0.717) is 24.3 Å². The lowest BCUT2D eigenvalue weighted by Crippen LogP contribution is -2.30. The number of nitrogens with two attached hydrogens (primary N) is 1. The van der Waals surface area contributed by atoms with Crippen molar-refractivity contribution in [3.63, 3.8) is 0 Å². The van der Waals surface area contributed by atoms with Gasteiger partial charge in [0.1, 0.15) is 18.2 Å². The first-order chi connectivity index (χ1) is 9.12. The van der Waals surface area contributed by atoms with Crippen LogP contribution >= 0.6 is 11.8 Å². The molecule has 1 atom stereocenters. The predicted molar refractivity (Wildman–Crippen MR) is 81.4 cm³/mol. The zero-order chi connectivity index (χ0) is 14.3. The number of methoxy groups -OCH3 is 1. The molecule has 0 saturated heterocycles. The molecule has 0 aliphatic rings. The van der Waals surface area contributed by atoms with E-state index in [1.54, 1.807) is 7.11 Å². The molecule has 0 radical (unpaired) electrons. The molecule has 3 N–H and O–H groups in total. The molecule has 1 aromatic heterocycles. The van der Waals surface area contributed by atoms with Gasteiger partial charge in [-0.3, -0.25) is 0 Å². The summed E-state index contributed by atoms with van der Waals surface area (Å²) < 4.78 is 5.07. The summed E-state index contributed by atoms with van der Waals surface area (Å²) in [4.78, 5) is 10.9. The van der Waals surface area contributed by atoms with Gasteiger partial charge in [-0.25, -0.2) is 15.8 Å². The lowest BCUT2D eigenvalue weighted by Gasteiger charge is -2.26. The number of anilines is 2. The first-order valence-corrected chi connectivity index (χ1v) is 7.57. The average molecular weight is 285 g/mol. The van der Waals surface area contributed by atoms with Crippen LogP contribution in [0.5, 0.6) is 0 Å². The van der Waals surface area contributed by atoms with Gasteiger partial charge >= 0.3 is 0 Å². The van der Waals surface area contributed by atoms with Crippen molar-refractivity contribution >= 4 is 23.4 Å². The maximum absolute atomic E-state index is 5.44. The number of hydrogen-bond donors (Lipinski definition) is 2. The molecule has 1 aromatic rings. The molecular weight excluding hydrogens is 262 g/mol. The average Bonchev–Trinajstić information content (AvgIpc) is 2.43. The topological polar surface area (TPSA) is 76.3 Å². The Morgan fingerprint density at radius 1 is 1.53 bits per heavy atom. The Morgan fingerprint density at radius 3 is 2.84 bits per heavy atom. The third kappa shape index (κ3) is 4.85. The third-order valence-corrected chi connectivity index (χ3v) is 3.59. The summed E-state index contributed by atoms with van der Waals surface area (Å²) in [5.74, 6) is 8.64. The van der Waals surface area contributed by atoms with Crippen molar-refractivity contribution in [1.82, 2.24) is 9.97 Å². The van der Waals surface area contributed by atoms with Crippen LogP contribution < -0.4 is 16.2 Å². The van der Waals surface area contributed by atoms with Crippen molar-refractivity contribution < 1.29 is 4.74 Å². The van der Waals surface area contributed by atoms with Crippen LogP contribution in [0.1, 0.15) is 19.2 Å². The largest absolute Gasteiger partial charge is 0.377 e. The fourth-order valence-electron chi connectivity index (χ4n) is 1.64. The summed E-state index contributed by atoms with van der Waals surface area (Å²) in [5.41, 5.74) is 2.57. The lowest BCUT2D eigenvalue weighted by molar-refractivity contribution is 0.178. The molecule has 0 aliphatic heterocycles. The Labute approximate surface area is 119 Å². The molecule has 19 heavy (non-hydrogen) atoms. The monoisotopic (exact) mass is 285 g/mol. The van der Waals surface area contributed by atoms with E-state index in [2.05, 4.69) is 33.5 Å². The molecule has 1 unspecified atom stereocenters. The van der Waals surface area contributed by atoms with E-state index < -0.39 is 0 Å². The number of rotatable bonds is 8. The highest BCUT2D eigenvalue weighted by Crippen LogP contribution is 2.18. The zero-order valence-electron chi connectivity index (χ0n) is 12.0. The Hall–Kier alpha value is -1.05. The van der Waals surface area contributed by atoms with E-state index in [-0.39, 0.29) is 0 Å². The van der Waals surface area contributed by atoms with Gasteiger partial charge in [0.15, 0.2) is 5.82 Å². The van der Waals surface area contributed by atoms with Crippen LogP contribution in [0.15, 0.2) is 6.07 Å². The number of nitrogens with one attached hydrogen (secondary N) is 1.